The Morgan fingerprint density at radius 3 is 2.96 bits per heavy atom. The monoisotopic (exact) mass is 355 g/mol. The fourth-order valence-electron chi connectivity index (χ4n) is 2.67. The molecule has 1 fully saturated rings. The maximum absolute atomic E-state index is 12.0. The number of aliphatic hydroxyl groups is 1. The molecule has 2 atom stereocenters. The Hall–Kier alpha value is -1.27. The van der Waals surface area contributed by atoms with E-state index in [0.717, 1.165) is 43.9 Å². The minimum atomic E-state index is -0.937. The summed E-state index contributed by atoms with van der Waals surface area (Å²) in [6, 6.07) is 0.0773. The van der Waals surface area contributed by atoms with Gasteiger partial charge in [-0.2, -0.15) is 11.8 Å². The molecule has 0 aliphatic carbocycles. The first-order valence-electron chi connectivity index (χ1n) is 8.67. The molecule has 136 valence electrons. The van der Waals surface area contributed by atoms with Gasteiger partial charge in [-0.25, -0.2) is 4.79 Å². The molecule has 0 spiro atoms. The SMILES string of the molecule is CCCCC[C@H](O)/C=C/[C@H]1CCC(=O)N1CCSCC=CC(=O)O. The highest BCUT2D eigenvalue weighted by Crippen LogP contribution is 2.21. The summed E-state index contributed by atoms with van der Waals surface area (Å²) in [5.41, 5.74) is 0. The van der Waals surface area contributed by atoms with E-state index in [2.05, 4.69) is 6.92 Å². The molecule has 5 nitrogen and oxygen atoms in total. The van der Waals surface area contributed by atoms with Crippen LogP contribution in [0, 0.1) is 0 Å². The quantitative estimate of drug-likeness (QED) is 0.320. The molecule has 0 aromatic rings. The number of thioether (sulfide) groups is 1. The van der Waals surface area contributed by atoms with Gasteiger partial charge in [0.15, 0.2) is 0 Å². The van der Waals surface area contributed by atoms with Crippen molar-refractivity contribution in [3.8, 4) is 0 Å². The smallest absolute Gasteiger partial charge is 0.328 e. The van der Waals surface area contributed by atoms with Crippen molar-refractivity contribution in [2.24, 2.45) is 0 Å². The number of likely N-dealkylation sites (tertiary alicyclic amines) is 1. The fourth-order valence-corrected chi connectivity index (χ4v) is 3.39. The van der Waals surface area contributed by atoms with Crippen molar-refractivity contribution in [3.05, 3.63) is 24.3 Å². The fraction of sp³-hybridized carbons (Fsp3) is 0.667. The van der Waals surface area contributed by atoms with Gasteiger partial charge in [0.1, 0.15) is 0 Å². The van der Waals surface area contributed by atoms with Crippen LogP contribution in [0.15, 0.2) is 24.3 Å². The molecule has 1 aliphatic rings. The number of nitrogens with zero attached hydrogens (tertiary/aromatic N) is 1. The van der Waals surface area contributed by atoms with Gasteiger partial charge in [0.25, 0.3) is 0 Å². The summed E-state index contributed by atoms with van der Waals surface area (Å²) >= 11 is 1.61. The van der Waals surface area contributed by atoms with E-state index in [0.29, 0.717) is 18.7 Å². The van der Waals surface area contributed by atoms with Crippen LogP contribution < -0.4 is 0 Å². The molecule has 24 heavy (non-hydrogen) atoms. The molecule has 1 amide bonds. The van der Waals surface area contributed by atoms with E-state index >= 15 is 0 Å². The van der Waals surface area contributed by atoms with Crippen molar-refractivity contribution < 1.29 is 19.8 Å². The number of amides is 1. The van der Waals surface area contributed by atoms with Gasteiger partial charge in [-0.15, -0.1) is 0 Å². The van der Waals surface area contributed by atoms with Crippen LogP contribution in [0.25, 0.3) is 0 Å². The Morgan fingerprint density at radius 2 is 2.25 bits per heavy atom. The van der Waals surface area contributed by atoms with Crippen LogP contribution >= 0.6 is 11.8 Å². The van der Waals surface area contributed by atoms with E-state index < -0.39 is 12.1 Å². The van der Waals surface area contributed by atoms with Crippen LogP contribution in [-0.2, 0) is 9.59 Å². The second-order valence-electron chi connectivity index (χ2n) is 5.96. The Kier molecular flexibility index (Phi) is 10.5. The summed E-state index contributed by atoms with van der Waals surface area (Å²) in [5.74, 6) is 0.629. The maximum atomic E-state index is 12.0. The van der Waals surface area contributed by atoms with Gasteiger partial charge in [-0.05, 0) is 12.8 Å². The number of carboxylic acids is 1. The molecule has 0 aromatic heterocycles. The zero-order valence-corrected chi connectivity index (χ0v) is 15.2. The van der Waals surface area contributed by atoms with E-state index in [4.69, 9.17) is 5.11 Å². The lowest BCUT2D eigenvalue weighted by Crippen LogP contribution is -2.34. The third-order valence-electron chi connectivity index (χ3n) is 3.98. The number of aliphatic carboxylic acids is 1. The van der Waals surface area contributed by atoms with E-state index in [1.165, 1.54) is 0 Å². The van der Waals surface area contributed by atoms with Crippen LogP contribution in [-0.4, -0.2) is 57.2 Å². The van der Waals surface area contributed by atoms with Crippen LogP contribution in [0.4, 0.5) is 0 Å². The molecular formula is C18H29NO4S. The number of hydrogen-bond acceptors (Lipinski definition) is 4. The number of aliphatic hydroxyl groups excluding tert-OH is 1. The maximum Gasteiger partial charge on any atom is 0.328 e. The largest absolute Gasteiger partial charge is 0.478 e. The van der Waals surface area contributed by atoms with Gasteiger partial charge in [-0.3, -0.25) is 4.79 Å². The zero-order valence-electron chi connectivity index (χ0n) is 14.4. The molecule has 0 saturated carbocycles. The van der Waals surface area contributed by atoms with Crippen molar-refractivity contribution in [1.82, 2.24) is 4.90 Å². The van der Waals surface area contributed by atoms with Crippen LogP contribution in [0.2, 0.25) is 0 Å². The van der Waals surface area contributed by atoms with Gasteiger partial charge in [0, 0.05) is 30.5 Å². The average Bonchev–Trinajstić information content (AvgIpc) is 2.89. The lowest BCUT2D eigenvalue weighted by Gasteiger charge is -2.22. The van der Waals surface area contributed by atoms with Crippen LogP contribution in [0.1, 0.15) is 45.4 Å². The van der Waals surface area contributed by atoms with E-state index in [9.17, 15) is 14.7 Å². The van der Waals surface area contributed by atoms with E-state index in [1.807, 2.05) is 17.1 Å². The second-order valence-corrected chi connectivity index (χ2v) is 7.11. The first kappa shape index (κ1) is 20.8. The highest BCUT2D eigenvalue weighted by molar-refractivity contribution is 7.99. The number of unbranched alkanes of at least 4 members (excludes halogenated alkanes) is 2. The lowest BCUT2D eigenvalue weighted by molar-refractivity contribution is -0.131. The Labute approximate surface area is 148 Å². The number of hydrogen-bond donors (Lipinski definition) is 2. The van der Waals surface area contributed by atoms with Gasteiger partial charge in [0.05, 0.1) is 12.1 Å². The molecule has 0 bridgehead atoms. The summed E-state index contributed by atoms with van der Waals surface area (Å²) < 4.78 is 0. The molecule has 1 saturated heterocycles. The first-order chi connectivity index (χ1) is 11.5. The molecule has 6 heteroatoms. The van der Waals surface area contributed by atoms with E-state index in [-0.39, 0.29) is 11.9 Å². The molecule has 1 heterocycles. The summed E-state index contributed by atoms with van der Waals surface area (Å²) in [7, 11) is 0. The third-order valence-corrected chi connectivity index (χ3v) is 4.88. The standard InChI is InChI=1S/C18H29NO4S/c1-2-3-4-6-16(20)10-8-15-9-11-17(21)19(15)12-14-24-13-5-7-18(22)23/h5,7-8,10,15-16,20H,2-4,6,9,11-14H2,1H3,(H,22,23)/b7-5?,10-8+/t15-,16-/m0/s1. The van der Waals surface area contributed by atoms with Crippen molar-refractivity contribution in [3.63, 3.8) is 0 Å². The Bertz CT molecular complexity index is 450. The first-order valence-corrected chi connectivity index (χ1v) is 9.83. The highest BCUT2D eigenvalue weighted by atomic mass is 32.2. The molecule has 1 aliphatic heterocycles. The van der Waals surface area contributed by atoms with E-state index in [1.54, 1.807) is 17.8 Å². The summed E-state index contributed by atoms with van der Waals surface area (Å²) in [6.45, 7) is 2.80. The molecule has 0 unspecified atom stereocenters. The van der Waals surface area contributed by atoms with Gasteiger partial charge in [0.2, 0.25) is 5.91 Å². The summed E-state index contributed by atoms with van der Waals surface area (Å²) in [5, 5.41) is 18.5. The summed E-state index contributed by atoms with van der Waals surface area (Å²) in [4.78, 5) is 24.2. The third kappa shape index (κ3) is 8.55. The van der Waals surface area contributed by atoms with Gasteiger partial charge >= 0.3 is 5.97 Å². The second kappa shape index (κ2) is 12.1. The number of rotatable bonds is 12. The topological polar surface area (TPSA) is 77.8 Å². The molecule has 2 N–H and O–H groups in total. The molecule has 0 aromatic carbocycles. The highest BCUT2D eigenvalue weighted by Gasteiger charge is 2.28. The van der Waals surface area contributed by atoms with Crippen molar-refractivity contribution in [1.29, 1.82) is 0 Å². The lowest BCUT2D eigenvalue weighted by atomic mass is 10.1. The number of carbonyl (C=O) groups excluding carboxylic acids is 1. The molecule has 0 radical (unpaired) electrons. The predicted octanol–water partition coefficient (Wildman–Crippen LogP) is 2.85. The Morgan fingerprint density at radius 1 is 1.46 bits per heavy atom. The van der Waals surface area contributed by atoms with Crippen molar-refractivity contribution in [2.45, 2.75) is 57.6 Å². The van der Waals surface area contributed by atoms with Gasteiger partial charge < -0.3 is 15.1 Å². The number of carboxylic acid groups (broad SMARTS) is 1. The van der Waals surface area contributed by atoms with Crippen LogP contribution in [0.5, 0.6) is 0 Å². The minimum Gasteiger partial charge on any atom is -0.478 e. The normalized spacial score (nSPS) is 19.7. The minimum absolute atomic E-state index is 0.0773. The average molecular weight is 356 g/mol. The summed E-state index contributed by atoms with van der Waals surface area (Å²) in [6.07, 6.45) is 11.6. The molecule has 1 rings (SSSR count). The van der Waals surface area contributed by atoms with Gasteiger partial charge in [-0.1, -0.05) is 44.4 Å². The van der Waals surface area contributed by atoms with Crippen molar-refractivity contribution in [2.75, 3.05) is 18.1 Å². The zero-order chi connectivity index (χ0) is 17.8. The number of carbonyl (C=O) groups is 2. The van der Waals surface area contributed by atoms with Crippen LogP contribution in [0.3, 0.4) is 0 Å². The predicted molar refractivity (Wildman–Crippen MR) is 98.1 cm³/mol. The molecular weight excluding hydrogens is 326 g/mol. The van der Waals surface area contributed by atoms with Crippen molar-refractivity contribution >= 4 is 23.6 Å². The Balaban J connectivity index is 2.33.